The van der Waals surface area contributed by atoms with E-state index in [0.717, 1.165) is 0 Å². The molecule has 0 aliphatic carbocycles. The van der Waals surface area contributed by atoms with E-state index in [1.807, 2.05) is 0 Å². The maximum Gasteiger partial charge on any atom is 0.203 e. The van der Waals surface area contributed by atoms with Crippen LogP contribution in [0.25, 0.3) is 10.9 Å². The molecule has 3 aromatic rings. The van der Waals surface area contributed by atoms with Crippen LogP contribution in [0.1, 0.15) is 15.9 Å². The molecule has 0 saturated carbocycles. The minimum Gasteiger partial charge on any atom is -0.495 e. The molecule has 0 fully saturated rings. The van der Waals surface area contributed by atoms with Crippen LogP contribution in [0.4, 0.5) is 0 Å². The molecular weight excluding hydrogens is 358 g/mol. The normalized spacial score (nSPS) is 10.7. The minimum atomic E-state index is -0.197. The fraction of sp³-hybridized carbons (Fsp3) is 0.211. The number of carbonyl (C=O) groups excluding carboxylic acids is 1. The summed E-state index contributed by atoms with van der Waals surface area (Å²) in [4.78, 5) is 16.1. The zero-order valence-corrected chi connectivity index (χ0v) is 15.6. The van der Waals surface area contributed by atoms with Crippen molar-refractivity contribution in [2.45, 2.75) is 0 Å². The Morgan fingerprint density at radius 2 is 1.54 bits per heavy atom. The van der Waals surface area contributed by atoms with Gasteiger partial charge in [0.1, 0.15) is 10.8 Å². The monoisotopic (exact) mass is 375 g/mol. The summed E-state index contributed by atoms with van der Waals surface area (Å²) in [6.45, 7) is 0. The summed E-state index contributed by atoms with van der Waals surface area (Å²) in [6.07, 6.45) is 1.63. The van der Waals surface area contributed by atoms with Crippen LogP contribution in [0.15, 0.2) is 30.5 Å². The van der Waals surface area contributed by atoms with Crippen molar-refractivity contribution in [2.24, 2.45) is 0 Å². The van der Waals surface area contributed by atoms with E-state index in [2.05, 4.69) is 4.98 Å². The summed E-state index contributed by atoms with van der Waals surface area (Å²) < 4.78 is 21.1. The second-order valence-corrected chi connectivity index (χ2v) is 5.83. The molecule has 0 radical (unpaired) electrons. The Bertz CT molecular complexity index is 954. The van der Waals surface area contributed by atoms with Crippen LogP contribution < -0.4 is 18.9 Å². The van der Waals surface area contributed by atoms with Crippen LogP contribution in [0.5, 0.6) is 23.0 Å². The Morgan fingerprint density at radius 1 is 0.923 bits per heavy atom. The van der Waals surface area contributed by atoms with Gasteiger partial charge in [-0.25, -0.2) is 0 Å². The number of hydrogen-bond donors (Lipinski definition) is 1. The van der Waals surface area contributed by atoms with E-state index in [9.17, 15) is 4.79 Å². The van der Waals surface area contributed by atoms with Crippen molar-refractivity contribution < 1.29 is 23.7 Å². The number of aromatic nitrogens is 1. The van der Waals surface area contributed by atoms with Gasteiger partial charge < -0.3 is 23.9 Å². The average molecular weight is 376 g/mol. The van der Waals surface area contributed by atoms with Crippen LogP contribution >= 0.6 is 11.6 Å². The molecule has 1 aromatic heterocycles. The highest BCUT2D eigenvalue weighted by molar-refractivity contribution is 6.37. The molecule has 3 rings (SSSR count). The molecule has 0 amide bonds. The zero-order valence-electron chi connectivity index (χ0n) is 14.8. The maximum atomic E-state index is 13.1. The number of fused-ring (bicyclic) bond motifs is 1. The molecule has 136 valence electrons. The lowest BCUT2D eigenvalue weighted by molar-refractivity contribution is 0.103. The summed E-state index contributed by atoms with van der Waals surface area (Å²) >= 11 is 6.32. The lowest BCUT2D eigenvalue weighted by Gasteiger charge is -2.13. The fourth-order valence-corrected chi connectivity index (χ4v) is 3.15. The summed E-state index contributed by atoms with van der Waals surface area (Å²) in [5.74, 6) is 1.59. The number of ketones is 1. The molecule has 2 aromatic carbocycles. The summed E-state index contributed by atoms with van der Waals surface area (Å²) in [6, 6.07) is 6.76. The first-order chi connectivity index (χ1) is 12.5. The van der Waals surface area contributed by atoms with Crippen molar-refractivity contribution in [1.82, 2.24) is 4.98 Å². The van der Waals surface area contributed by atoms with Crippen LogP contribution in [0, 0.1) is 0 Å². The van der Waals surface area contributed by atoms with Crippen molar-refractivity contribution in [1.29, 1.82) is 0 Å². The van der Waals surface area contributed by atoms with Gasteiger partial charge >= 0.3 is 0 Å². The molecule has 7 heteroatoms. The number of methoxy groups -OCH3 is 4. The average Bonchev–Trinajstić information content (AvgIpc) is 3.11. The smallest absolute Gasteiger partial charge is 0.203 e. The van der Waals surface area contributed by atoms with E-state index in [-0.39, 0.29) is 5.78 Å². The van der Waals surface area contributed by atoms with E-state index < -0.39 is 0 Å². The lowest BCUT2D eigenvalue weighted by Crippen LogP contribution is -2.03. The molecule has 1 heterocycles. The third kappa shape index (κ3) is 2.82. The second-order valence-electron chi connectivity index (χ2n) is 5.45. The molecule has 0 spiro atoms. The van der Waals surface area contributed by atoms with Gasteiger partial charge in [0.05, 0.1) is 34.0 Å². The van der Waals surface area contributed by atoms with Crippen molar-refractivity contribution in [3.8, 4) is 23.0 Å². The second kappa shape index (κ2) is 7.17. The molecule has 26 heavy (non-hydrogen) atoms. The fourth-order valence-electron chi connectivity index (χ4n) is 2.86. The molecule has 0 bridgehead atoms. The Morgan fingerprint density at radius 3 is 2.08 bits per heavy atom. The van der Waals surface area contributed by atoms with Crippen molar-refractivity contribution >= 4 is 28.3 Å². The molecule has 0 unspecified atom stereocenters. The Balaban J connectivity index is 2.13. The van der Waals surface area contributed by atoms with E-state index in [1.54, 1.807) is 30.5 Å². The largest absolute Gasteiger partial charge is 0.495 e. The van der Waals surface area contributed by atoms with Gasteiger partial charge in [-0.05, 0) is 24.3 Å². The van der Waals surface area contributed by atoms with Gasteiger partial charge in [-0.3, -0.25) is 4.79 Å². The number of ether oxygens (including phenoxy) is 4. The number of rotatable bonds is 6. The summed E-state index contributed by atoms with van der Waals surface area (Å²) in [5, 5.41) is 1.13. The first kappa shape index (κ1) is 17.9. The van der Waals surface area contributed by atoms with E-state index in [4.69, 9.17) is 30.5 Å². The van der Waals surface area contributed by atoms with Crippen molar-refractivity contribution in [3.05, 3.63) is 46.6 Å². The third-order valence-electron chi connectivity index (χ3n) is 4.15. The lowest BCUT2D eigenvalue weighted by atomic mass is 10.0. The van der Waals surface area contributed by atoms with Gasteiger partial charge in [-0.1, -0.05) is 11.6 Å². The number of H-pyrrole nitrogens is 1. The number of hydrogen-bond acceptors (Lipinski definition) is 5. The third-order valence-corrected chi connectivity index (χ3v) is 4.52. The molecule has 1 N–H and O–H groups in total. The van der Waals surface area contributed by atoms with Crippen LogP contribution in [0.2, 0.25) is 5.02 Å². The molecule has 0 atom stereocenters. The highest BCUT2D eigenvalue weighted by Crippen LogP contribution is 2.39. The first-order valence-corrected chi connectivity index (χ1v) is 8.11. The number of halogens is 1. The van der Waals surface area contributed by atoms with E-state index in [0.29, 0.717) is 50.1 Å². The predicted octanol–water partition coefficient (Wildman–Crippen LogP) is 4.09. The highest BCUT2D eigenvalue weighted by atomic mass is 35.5. The zero-order chi connectivity index (χ0) is 18.8. The Labute approximate surface area is 155 Å². The van der Waals surface area contributed by atoms with E-state index in [1.165, 1.54) is 28.4 Å². The SMILES string of the molecule is COc1cc(C(=O)c2c[nH]c3c(Cl)c(OC)ccc23)cc(OC)c1OC. The van der Waals surface area contributed by atoms with E-state index >= 15 is 0 Å². The van der Waals surface area contributed by atoms with Gasteiger partial charge in [0.25, 0.3) is 0 Å². The predicted molar refractivity (Wildman–Crippen MR) is 99.4 cm³/mol. The molecule has 0 saturated heterocycles. The van der Waals surface area contributed by atoms with Gasteiger partial charge in [-0.15, -0.1) is 0 Å². The minimum absolute atomic E-state index is 0.197. The van der Waals surface area contributed by atoms with Crippen LogP contribution in [0.3, 0.4) is 0 Å². The van der Waals surface area contributed by atoms with Crippen molar-refractivity contribution in [2.75, 3.05) is 28.4 Å². The molecule has 0 aliphatic heterocycles. The van der Waals surface area contributed by atoms with Crippen LogP contribution in [-0.4, -0.2) is 39.2 Å². The standard InChI is InChI=1S/C19H18ClNO5/c1-23-13-6-5-11-12(9-21-17(11)16(13)20)18(22)10-7-14(24-2)19(26-4)15(8-10)25-3/h5-9,21H,1-4H3. The topological polar surface area (TPSA) is 69.8 Å². The summed E-state index contributed by atoms with van der Waals surface area (Å²) in [7, 11) is 6.06. The number of benzene rings is 2. The van der Waals surface area contributed by atoms with Gasteiger partial charge in [0.15, 0.2) is 17.3 Å². The Kier molecular flexibility index (Phi) is 4.95. The summed E-state index contributed by atoms with van der Waals surface area (Å²) in [5.41, 5.74) is 1.54. The number of aromatic amines is 1. The molecule has 0 aliphatic rings. The molecular formula is C19H18ClNO5. The number of carbonyl (C=O) groups is 1. The van der Waals surface area contributed by atoms with Gasteiger partial charge in [0, 0.05) is 22.7 Å². The first-order valence-electron chi connectivity index (χ1n) is 7.74. The highest BCUT2D eigenvalue weighted by Gasteiger charge is 2.21. The van der Waals surface area contributed by atoms with Crippen molar-refractivity contribution in [3.63, 3.8) is 0 Å². The quantitative estimate of drug-likeness (QED) is 0.657. The van der Waals surface area contributed by atoms with Gasteiger partial charge in [-0.2, -0.15) is 0 Å². The maximum absolute atomic E-state index is 13.1. The number of nitrogens with one attached hydrogen (secondary N) is 1. The molecule has 6 nitrogen and oxygen atoms in total. The van der Waals surface area contributed by atoms with Gasteiger partial charge in [0.2, 0.25) is 5.75 Å². The van der Waals surface area contributed by atoms with Crippen LogP contribution in [-0.2, 0) is 0 Å². The Hall–Kier alpha value is -2.86.